The molecule has 0 saturated carbocycles. The van der Waals surface area contributed by atoms with Crippen molar-refractivity contribution in [3.63, 3.8) is 0 Å². The molecule has 0 aliphatic carbocycles. The Morgan fingerprint density at radius 3 is 2.09 bits per heavy atom. The molecule has 2 aromatic carbocycles. The summed E-state index contributed by atoms with van der Waals surface area (Å²) in [7, 11) is 0. The number of hydrogen-bond donors (Lipinski definition) is 2. The van der Waals surface area contributed by atoms with Crippen molar-refractivity contribution < 1.29 is 5.11 Å². The van der Waals surface area contributed by atoms with E-state index in [4.69, 9.17) is 5.73 Å². The minimum absolute atomic E-state index is 0.133. The van der Waals surface area contributed by atoms with Crippen molar-refractivity contribution in [3.05, 3.63) is 72.4 Å². The van der Waals surface area contributed by atoms with Crippen molar-refractivity contribution in [2.45, 2.75) is 6.10 Å². The summed E-state index contributed by atoms with van der Waals surface area (Å²) in [6, 6.07) is 19.5. The summed E-state index contributed by atoms with van der Waals surface area (Å²) < 4.78 is 0. The summed E-state index contributed by atoms with van der Waals surface area (Å²) in [5.74, 6) is 0.632. The summed E-state index contributed by atoms with van der Waals surface area (Å²) in [4.78, 5) is 9.03. The topological polar surface area (TPSA) is 72.0 Å². The van der Waals surface area contributed by atoms with Crippen LogP contribution in [0.2, 0.25) is 0 Å². The second kappa shape index (κ2) is 6.47. The van der Waals surface area contributed by atoms with Gasteiger partial charge in [-0.25, -0.2) is 9.97 Å². The molecule has 1 unspecified atom stereocenters. The number of aliphatic hydroxyl groups is 1. The average Bonchev–Trinajstić information content (AvgIpc) is 2.62. The fourth-order valence-electron chi connectivity index (χ4n) is 2.32. The summed E-state index contributed by atoms with van der Waals surface area (Å²) in [5, 5.41) is 10.1. The number of nitrogens with zero attached hydrogens (tertiary/aromatic N) is 2. The third-order valence-electron chi connectivity index (χ3n) is 3.48. The largest absolute Gasteiger partial charge is 0.387 e. The lowest BCUT2D eigenvalue weighted by atomic mass is 10.0. The quantitative estimate of drug-likeness (QED) is 0.775. The molecule has 3 aromatic rings. The van der Waals surface area contributed by atoms with Gasteiger partial charge in [-0.1, -0.05) is 60.7 Å². The van der Waals surface area contributed by atoms with Gasteiger partial charge in [0.1, 0.15) is 0 Å². The number of aromatic nitrogens is 2. The van der Waals surface area contributed by atoms with Crippen molar-refractivity contribution in [2.24, 2.45) is 5.73 Å². The van der Waals surface area contributed by atoms with E-state index in [1.54, 1.807) is 6.20 Å². The normalized spacial score (nSPS) is 12.1. The van der Waals surface area contributed by atoms with E-state index >= 15 is 0 Å². The number of aliphatic hydroxyl groups excluding tert-OH is 1. The minimum Gasteiger partial charge on any atom is -0.387 e. The summed E-state index contributed by atoms with van der Waals surface area (Å²) in [6.07, 6.45) is 0.884. The molecule has 0 spiro atoms. The van der Waals surface area contributed by atoms with Gasteiger partial charge in [0.05, 0.1) is 11.8 Å². The van der Waals surface area contributed by atoms with Gasteiger partial charge in [-0.15, -0.1) is 0 Å². The van der Waals surface area contributed by atoms with Crippen molar-refractivity contribution >= 4 is 0 Å². The Balaban J connectivity index is 2.15. The summed E-state index contributed by atoms with van der Waals surface area (Å²) in [5.41, 5.74) is 8.83. The van der Waals surface area contributed by atoms with E-state index in [0.29, 0.717) is 17.1 Å². The first-order chi connectivity index (χ1) is 10.8. The molecule has 0 fully saturated rings. The Morgan fingerprint density at radius 1 is 0.909 bits per heavy atom. The second-order valence-corrected chi connectivity index (χ2v) is 4.98. The number of hydrogen-bond acceptors (Lipinski definition) is 4. The molecule has 1 atom stereocenters. The molecule has 0 amide bonds. The SMILES string of the molecule is NCC(O)c1cnc(-c2ccccc2)nc1-c1ccccc1. The first-order valence-electron chi connectivity index (χ1n) is 7.15. The van der Waals surface area contributed by atoms with E-state index in [-0.39, 0.29) is 6.54 Å². The van der Waals surface area contributed by atoms with Crippen LogP contribution in [0.25, 0.3) is 22.6 Å². The maximum Gasteiger partial charge on any atom is 0.159 e. The second-order valence-electron chi connectivity index (χ2n) is 4.98. The number of benzene rings is 2. The molecule has 110 valence electrons. The molecule has 1 aromatic heterocycles. The van der Waals surface area contributed by atoms with Crippen LogP contribution < -0.4 is 5.73 Å². The molecule has 0 saturated heterocycles. The first kappa shape index (κ1) is 14.4. The predicted molar refractivity (Wildman–Crippen MR) is 86.9 cm³/mol. The zero-order valence-corrected chi connectivity index (χ0v) is 12.1. The average molecular weight is 291 g/mol. The fourth-order valence-corrected chi connectivity index (χ4v) is 2.32. The van der Waals surface area contributed by atoms with Crippen LogP contribution in [-0.4, -0.2) is 21.6 Å². The molecule has 0 radical (unpaired) electrons. The van der Waals surface area contributed by atoms with Gasteiger partial charge in [-0.3, -0.25) is 0 Å². The molecule has 1 heterocycles. The Kier molecular flexibility index (Phi) is 4.23. The van der Waals surface area contributed by atoms with Crippen LogP contribution in [0, 0.1) is 0 Å². The van der Waals surface area contributed by atoms with Crippen LogP contribution in [0.5, 0.6) is 0 Å². The zero-order valence-electron chi connectivity index (χ0n) is 12.1. The standard InChI is InChI=1S/C18H17N3O/c19-11-16(22)15-12-20-18(14-9-5-2-6-10-14)21-17(15)13-7-3-1-4-8-13/h1-10,12,16,22H,11,19H2. The third-order valence-corrected chi connectivity index (χ3v) is 3.48. The minimum atomic E-state index is -0.778. The molecule has 0 aliphatic heterocycles. The maximum absolute atomic E-state index is 10.1. The lowest BCUT2D eigenvalue weighted by Crippen LogP contribution is -2.14. The first-order valence-corrected chi connectivity index (χ1v) is 7.15. The van der Waals surface area contributed by atoms with E-state index < -0.39 is 6.10 Å². The summed E-state index contributed by atoms with van der Waals surface area (Å²) >= 11 is 0. The Hall–Kier alpha value is -2.56. The van der Waals surface area contributed by atoms with Gasteiger partial charge < -0.3 is 10.8 Å². The van der Waals surface area contributed by atoms with E-state index in [1.165, 1.54) is 0 Å². The van der Waals surface area contributed by atoms with Gasteiger partial charge in [0, 0.05) is 29.4 Å². The van der Waals surface area contributed by atoms with Gasteiger partial charge in [0.25, 0.3) is 0 Å². The van der Waals surface area contributed by atoms with E-state index in [9.17, 15) is 5.11 Å². The predicted octanol–water partition coefficient (Wildman–Crippen LogP) is 2.80. The molecule has 0 aliphatic rings. The van der Waals surface area contributed by atoms with Gasteiger partial charge in [0.15, 0.2) is 5.82 Å². The smallest absolute Gasteiger partial charge is 0.159 e. The molecule has 0 bridgehead atoms. The number of rotatable bonds is 4. The molecular formula is C18H17N3O. The van der Waals surface area contributed by atoms with Crippen molar-refractivity contribution in [1.82, 2.24) is 9.97 Å². The Morgan fingerprint density at radius 2 is 1.50 bits per heavy atom. The van der Waals surface area contributed by atoms with Gasteiger partial charge >= 0.3 is 0 Å². The van der Waals surface area contributed by atoms with Crippen LogP contribution in [0.1, 0.15) is 11.7 Å². The van der Waals surface area contributed by atoms with Crippen molar-refractivity contribution in [3.8, 4) is 22.6 Å². The highest BCUT2D eigenvalue weighted by molar-refractivity contribution is 5.66. The highest BCUT2D eigenvalue weighted by Gasteiger charge is 2.16. The summed E-state index contributed by atoms with van der Waals surface area (Å²) in [6.45, 7) is 0.133. The molecular weight excluding hydrogens is 274 g/mol. The number of nitrogens with two attached hydrogens (primary N) is 1. The van der Waals surface area contributed by atoms with Crippen LogP contribution in [0.3, 0.4) is 0 Å². The zero-order chi connectivity index (χ0) is 15.4. The maximum atomic E-state index is 10.1. The van der Waals surface area contributed by atoms with E-state index in [0.717, 1.165) is 11.1 Å². The third kappa shape index (κ3) is 2.88. The Bertz CT molecular complexity index is 745. The van der Waals surface area contributed by atoms with Gasteiger partial charge in [-0.2, -0.15) is 0 Å². The fraction of sp³-hybridized carbons (Fsp3) is 0.111. The Labute approximate surface area is 129 Å². The van der Waals surface area contributed by atoms with E-state index in [2.05, 4.69) is 9.97 Å². The van der Waals surface area contributed by atoms with Crippen LogP contribution in [0.15, 0.2) is 66.9 Å². The molecule has 4 heteroatoms. The van der Waals surface area contributed by atoms with Crippen LogP contribution >= 0.6 is 0 Å². The van der Waals surface area contributed by atoms with Gasteiger partial charge in [-0.05, 0) is 0 Å². The molecule has 22 heavy (non-hydrogen) atoms. The lowest BCUT2D eigenvalue weighted by Gasteiger charge is -2.14. The molecule has 3 N–H and O–H groups in total. The van der Waals surface area contributed by atoms with Crippen molar-refractivity contribution in [1.29, 1.82) is 0 Å². The lowest BCUT2D eigenvalue weighted by molar-refractivity contribution is 0.186. The van der Waals surface area contributed by atoms with Gasteiger partial charge in [0.2, 0.25) is 0 Å². The highest BCUT2D eigenvalue weighted by atomic mass is 16.3. The van der Waals surface area contributed by atoms with Crippen LogP contribution in [0.4, 0.5) is 0 Å². The highest BCUT2D eigenvalue weighted by Crippen LogP contribution is 2.27. The van der Waals surface area contributed by atoms with E-state index in [1.807, 2.05) is 60.7 Å². The molecule has 3 rings (SSSR count). The van der Waals surface area contributed by atoms with Crippen molar-refractivity contribution in [2.75, 3.05) is 6.54 Å². The monoisotopic (exact) mass is 291 g/mol. The molecule has 4 nitrogen and oxygen atoms in total. The van der Waals surface area contributed by atoms with Crippen LogP contribution in [-0.2, 0) is 0 Å².